The van der Waals surface area contributed by atoms with Crippen LogP contribution < -0.4 is 5.32 Å². The number of carbonyl (C=O) groups is 2. The summed E-state index contributed by atoms with van der Waals surface area (Å²) < 4.78 is 13.0. The number of hydrogen-bond donors (Lipinski definition) is 1. The number of hydrogen-bond acceptors (Lipinski definition) is 4. The number of rotatable bonds is 2. The molecule has 8 heteroatoms. The van der Waals surface area contributed by atoms with Crippen molar-refractivity contribution < 1.29 is 14.0 Å². The van der Waals surface area contributed by atoms with Crippen molar-refractivity contribution in [3.63, 3.8) is 0 Å². The van der Waals surface area contributed by atoms with Crippen LogP contribution in [0.1, 0.15) is 33.8 Å². The zero-order chi connectivity index (χ0) is 18.8. The number of fused-ring (bicyclic) bond motifs is 1. The van der Waals surface area contributed by atoms with Crippen LogP contribution in [0.3, 0.4) is 0 Å². The molecular weight excluding hydrogens is 367 g/mol. The predicted molar refractivity (Wildman–Crippen MR) is 102 cm³/mol. The van der Waals surface area contributed by atoms with Crippen molar-refractivity contribution in [3.05, 3.63) is 46.2 Å². The Morgan fingerprint density at radius 3 is 2.37 bits per heavy atom. The third kappa shape index (κ3) is 3.95. The van der Waals surface area contributed by atoms with Gasteiger partial charge >= 0.3 is 6.03 Å². The van der Waals surface area contributed by atoms with E-state index in [1.807, 2.05) is 0 Å². The molecule has 1 aliphatic heterocycles. The van der Waals surface area contributed by atoms with Crippen LogP contribution in [0.15, 0.2) is 24.3 Å². The molecular formula is C19H21FN4O2S. The molecule has 1 aromatic heterocycles. The number of aromatic nitrogens is 1. The molecule has 1 fully saturated rings. The van der Waals surface area contributed by atoms with Crippen LogP contribution in [0.25, 0.3) is 0 Å². The quantitative estimate of drug-likeness (QED) is 0.860. The highest BCUT2D eigenvalue weighted by molar-refractivity contribution is 7.15. The fraction of sp³-hybridized carbons (Fsp3) is 0.421. The summed E-state index contributed by atoms with van der Waals surface area (Å²) in [5.74, 6) is -0.500. The minimum absolute atomic E-state index is 0.136. The fourth-order valence-electron chi connectivity index (χ4n) is 3.46. The molecule has 0 radical (unpaired) electrons. The van der Waals surface area contributed by atoms with Gasteiger partial charge in [-0.3, -0.25) is 10.1 Å². The molecule has 27 heavy (non-hydrogen) atoms. The highest BCUT2D eigenvalue weighted by Gasteiger charge is 2.26. The summed E-state index contributed by atoms with van der Waals surface area (Å²) in [6, 6.07) is 5.37. The standard InChI is InChI=1S/C19H21FN4O2S/c20-14-7-5-13(6-8-14)17(25)23-9-11-24(12-10-23)19(26)22-18-21-15-3-1-2-4-16(15)27-18/h5-8H,1-4,9-12H2,(H,21,22,26). The van der Waals surface area contributed by atoms with Gasteiger partial charge in [0.1, 0.15) is 5.82 Å². The molecule has 2 aliphatic rings. The highest BCUT2D eigenvalue weighted by atomic mass is 32.1. The van der Waals surface area contributed by atoms with Gasteiger partial charge in [-0.15, -0.1) is 11.3 Å². The van der Waals surface area contributed by atoms with E-state index < -0.39 is 0 Å². The van der Waals surface area contributed by atoms with E-state index in [-0.39, 0.29) is 17.8 Å². The Hall–Kier alpha value is -2.48. The Morgan fingerprint density at radius 1 is 1.00 bits per heavy atom. The average molecular weight is 388 g/mol. The smallest absolute Gasteiger partial charge is 0.323 e. The molecule has 2 heterocycles. The fourth-order valence-corrected chi connectivity index (χ4v) is 4.50. The second kappa shape index (κ2) is 7.64. The van der Waals surface area contributed by atoms with Gasteiger partial charge in [-0.25, -0.2) is 14.2 Å². The van der Waals surface area contributed by atoms with Crippen molar-refractivity contribution in [2.75, 3.05) is 31.5 Å². The van der Waals surface area contributed by atoms with Crippen LogP contribution in [0.4, 0.5) is 14.3 Å². The molecule has 0 bridgehead atoms. The lowest BCUT2D eigenvalue weighted by molar-refractivity contribution is 0.0671. The summed E-state index contributed by atoms with van der Waals surface area (Å²) >= 11 is 1.57. The van der Waals surface area contributed by atoms with Gasteiger partial charge in [-0.05, 0) is 49.9 Å². The van der Waals surface area contributed by atoms with Crippen molar-refractivity contribution in [2.24, 2.45) is 0 Å². The van der Waals surface area contributed by atoms with E-state index in [0.29, 0.717) is 36.9 Å². The lowest BCUT2D eigenvalue weighted by atomic mass is 10.0. The SMILES string of the molecule is O=C(Nc1nc2c(s1)CCCC2)N1CCN(C(=O)c2ccc(F)cc2)CC1. The van der Waals surface area contributed by atoms with Gasteiger partial charge in [0.15, 0.2) is 5.13 Å². The number of anilines is 1. The largest absolute Gasteiger partial charge is 0.335 e. The van der Waals surface area contributed by atoms with Crippen LogP contribution in [0, 0.1) is 5.82 Å². The Morgan fingerprint density at radius 2 is 1.67 bits per heavy atom. The first-order valence-corrected chi connectivity index (χ1v) is 10.0. The first-order chi connectivity index (χ1) is 13.1. The second-order valence-corrected chi connectivity index (χ2v) is 7.90. The molecule has 3 amide bonds. The van der Waals surface area contributed by atoms with E-state index in [1.165, 1.54) is 35.6 Å². The first kappa shape index (κ1) is 17.9. The van der Waals surface area contributed by atoms with Gasteiger partial charge < -0.3 is 9.80 Å². The molecule has 0 atom stereocenters. The number of aryl methyl sites for hydroxylation is 2. The number of benzene rings is 1. The molecule has 1 N–H and O–H groups in total. The van der Waals surface area contributed by atoms with Crippen molar-refractivity contribution in [3.8, 4) is 0 Å². The molecule has 0 saturated carbocycles. The number of carbonyl (C=O) groups excluding carboxylic acids is 2. The molecule has 142 valence electrons. The maximum Gasteiger partial charge on any atom is 0.323 e. The molecule has 0 spiro atoms. The van der Waals surface area contributed by atoms with Gasteiger partial charge in [-0.1, -0.05) is 0 Å². The lowest BCUT2D eigenvalue weighted by Gasteiger charge is -2.34. The van der Waals surface area contributed by atoms with Crippen molar-refractivity contribution in [2.45, 2.75) is 25.7 Å². The number of nitrogens with zero attached hydrogens (tertiary/aromatic N) is 3. The predicted octanol–water partition coefficient (Wildman–Crippen LogP) is 3.15. The maximum atomic E-state index is 13.0. The number of amides is 3. The Balaban J connectivity index is 1.32. The van der Waals surface area contributed by atoms with Gasteiger partial charge in [0.25, 0.3) is 5.91 Å². The summed E-state index contributed by atoms with van der Waals surface area (Å²) in [4.78, 5) is 34.2. The van der Waals surface area contributed by atoms with Crippen LogP contribution in [-0.2, 0) is 12.8 Å². The van der Waals surface area contributed by atoms with Crippen LogP contribution in [-0.4, -0.2) is 52.9 Å². The average Bonchev–Trinajstić information content (AvgIpc) is 3.10. The van der Waals surface area contributed by atoms with Crippen LogP contribution in [0.2, 0.25) is 0 Å². The number of nitrogens with one attached hydrogen (secondary N) is 1. The van der Waals surface area contributed by atoms with Crippen LogP contribution in [0.5, 0.6) is 0 Å². The van der Waals surface area contributed by atoms with E-state index in [0.717, 1.165) is 25.0 Å². The summed E-state index contributed by atoms with van der Waals surface area (Å²) in [6.45, 7) is 1.84. The summed E-state index contributed by atoms with van der Waals surface area (Å²) in [5, 5.41) is 3.56. The van der Waals surface area contributed by atoms with Crippen molar-refractivity contribution >= 4 is 28.4 Å². The minimum atomic E-state index is -0.364. The number of thiazole rings is 1. The molecule has 1 saturated heterocycles. The summed E-state index contributed by atoms with van der Waals surface area (Å²) in [5.41, 5.74) is 1.58. The summed E-state index contributed by atoms with van der Waals surface area (Å²) in [7, 11) is 0. The van der Waals surface area contributed by atoms with Gasteiger partial charge in [-0.2, -0.15) is 0 Å². The number of halogens is 1. The van der Waals surface area contributed by atoms with Crippen molar-refractivity contribution in [1.29, 1.82) is 0 Å². The normalized spacial score (nSPS) is 16.8. The molecule has 1 aromatic carbocycles. The minimum Gasteiger partial charge on any atom is -0.335 e. The van der Waals surface area contributed by atoms with Crippen molar-refractivity contribution in [1.82, 2.24) is 14.8 Å². The molecule has 0 unspecified atom stereocenters. The third-order valence-corrected chi connectivity index (χ3v) is 6.08. The number of piperazine rings is 1. The monoisotopic (exact) mass is 388 g/mol. The zero-order valence-corrected chi connectivity index (χ0v) is 15.7. The Kier molecular flexibility index (Phi) is 5.07. The van der Waals surface area contributed by atoms with E-state index in [2.05, 4.69) is 10.3 Å². The van der Waals surface area contributed by atoms with Gasteiger partial charge in [0.2, 0.25) is 0 Å². The Bertz CT molecular complexity index is 820. The van der Waals surface area contributed by atoms with Crippen LogP contribution >= 0.6 is 11.3 Å². The van der Waals surface area contributed by atoms with E-state index in [4.69, 9.17) is 0 Å². The topological polar surface area (TPSA) is 65.5 Å². The molecule has 6 nitrogen and oxygen atoms in total. The first-order valence-electron chi connectivity index (χ1n) is 9.19. The van der Waals surface area contributed by atoms with Gasteiger partial charge in [0, 0.05) is 36.6 Å². The third-order valence-electron chi connectivity index (χ3n) is 5.00. The van der Waals surface area contributed by atoms with E-state index in [1.54, 1.807) is 21.1 Å². The lowest BCUT2D eigenvalue weighted by Crippen LogP contribution is -2.51. The Labute approximate surface area is 161 Å². The zero-order valence-electron chi connectivity index (χ0n) is 14.9. The molecule has 2 aromatic rings. The summed E-state index contributed by atoms with van der Waals surface area (Å²) in [6.07, 6.45) is 4.39. The van der Waals surface area contributed by atoms with E-state index >= 15 is 0 Å². The number of urea groups is 1. The van der Waals surface area contributed by atoms with E-state index in [9.17, 15) is 14.0 Å². The maximum absolute atomic E-state index is 13.0. The molecule has 4 rings (SSSR count). The van der Waals surface area contributed by atoms with Gasteiger partial charge in [0.05, 0.1) is 5.69 Å². The second-order valence-electron chi connectivity index (χ2n) is 6.81. The highest BCUT2D eigenvalue weighted by Crippen LogP contribution is 2.29. The molecule has 1 aliphatic carbocycles.